The van der Waals surface area contributed by atoms with Crippen LogP contribution in [-0.2, 0) is 14.5 Å². The average Bonchev–Trinajstić information content (AvgIpc) is 2.00. The molecule has 78 valence electrons. The quantitative estimate of drug-likeness (QED) is 0.388. The van der Waals surface area contributed by atoms with Gasteiger partial charge in [-0.05, 0) is 34.1 Å². The summed E-state index contributed by atoms with van der Waals surface area (Å²) < 4.78 is 4.70. The lowest BCUT2D eigenvalue weighted by Gasteiger charge is -2.20. The number of rotatable bonds is 4. The molecule has 13 heavy (non-hydrogen) atoms. The first-order chi connectivity index (χ1) is 5.87. The second kappa shape index (κ2) is 5.07. The third-order valence-corrected chi connectivity index (χ3v) is 1.52. The van der Waals surface area contributed by atoms with E-state index >= 15 is 0 Å². The van der Waals surface area contributed by atoms with Crippen LogP contribution in [0, 0.1) is 0 Å². The van der Waals surface area contributed by atoms with Crippen LogP contribution in [0.5, 0.6) is 0 Å². The van der Waals surface area contributed by atoms with Gasteiger partial charge in [0.1, 0.15) is 5.60 Å². The Morgan fingerprint density at radius 2 is 1.92 bits per heavy atom. The van der Waals surface area contributed by atoms with Crippen LogP contribution in [-0.4, -0.2) is 17.9 Å². The minimum Gasteiger partial charge on any atom is -0.430 e. The van der Waals surface area contributed by atoms with Gasteiger partial charge in [0.15, 0.2) is 0 Å². The Morgan fingerprint density at radius 3 is 2.31 bits per heavy atom. The molecule has 0 aromatic carbocycles. The lowest BCUT2D eigenvalue weighted by atomic mass is 10.1. The van der Waals surface area contributed by atoms with E-state index in [-0.39, 0.29) is 6.10 Å². The summed E-state index contributed by atoms with van der Waals surface area (Å²) in [5.74, 6) is 0. The van der Waals surface area contributed by atoms with Gasteiger partial charge in [-0.25, -0.2) is 4.79 Å². The molecule has 0 radical (unpaired) electrons. The topological polar surface area (TPSA) is 44.8 Å². The zero-order valence-electron chi connectivity index (χ0n) is 8.92. The molecule has 4 heteroatoms. The van der Waals surface area contributed by atoms with E-state index < -0.39 is 11.8 Å². The molecule has 0 saturated carbocycles. The molecule has 0 rings (SSSR count). The molecule has 0 aromatic rings. The van der Waals surface area contributed by atoms with Gasteiger partial charge in [-0.1, -0.05) is 6.92 Å². The Bertz CT molecular complexity index is 163. The highest BCUT2D eigenvalue weighted by molar-refractivity contribution is 5.59. The fraction of sp³-hybridized carbons (Fsp3) is 0.889. The van der Waals surface area contributed by atoms with Crippen LogP contribution in [0.1, 0.15) is 41.0 Å². The molecule has 0 heterocycles. The molecule has 0 N–H and O–H groups in total. The van der Waals surface area contributed by atoms with E-state index in [1.54, 1.807) is 13.8 Å². The van der Waals surface area contributed by atoms with Crippen LogP contribution < -0.4 is 0 Å². The summed E-state index contributed by atoms with van der Waals surface area (Å²) in [5.41, 5.74) is -0.462. The Hall–Kier alpha value is -0.770. The van der Waals surface area contributed by atoms with Crippen LogP contribution in [0.3, 0.4) is 0 Å². The zero-order chi connectivity index (χ0) is 10.5. The van der Waals surface area contributed by atoms with Gasteiger partial charge >= 0.3 is 6.16 Å². The summed E-state index contributed by atoms with van der Waals surface area (Å²) >= 11 is 0. The molecular weight excluding hydrogens is 172 g/mol. The maximum absolute atomic E-state index is 10.8. The average molecular weight is 190 g/mol. The van der Waals surface area contributed by atoms with Gasteiger partial charge in [0, 0.05) is 0 Å². The largest absolute Gasteiger partial charge is 0.540 e. The van der Waals surface area contributed by atoms with Crippen LogP contribution in [0.25, 0.3) is 0 Å². The number of carbonyl (C=O) groups excluding carboxylic acids is 1. The van der Waals surface area contributed by atoms with Crippen molar-refractivity contribution in [2.75, 3.05) is 0 Å². The van der Waals surface area contributed by atoms with E-state index in [9.17, 15) is 4.79 Å². The second-order valence-corrected chi connectivity index (χ2v) is 3.70. The van der Waals surface area contributed by atoms with Gasteiger partial charge in [-0.2, -0.15) is 4.89 Å². The molecule has 0 saturated heterocycles. The molecule has 0 amide bonds. The molecule has 0 aliphatic carbocycles. The van der Waals surface area contributed by atoms with Crippen LogP contribution in [0.2, 0.25) is 0 Å². The van der Waals surface area contributed by atoms with Gasteiger partial charge in [-0.3, -0.25) is 4.89 Å². The van der Waals surface area contributed by atoms with Crippen molar-refractivity contribution in [3.63, 3.8) is 0 Å². The zero-order valence-corrected chi connectivity index (χ0v) is 8.92. The first-order valence-electron chi connectivity index (χ1n) is 4.43. The molecule has 0 fully saturated rings. The second-order valence-electron chi connectivity index (χ2n) is 3.70. The van der Waals surface area contributed by atoms with Crippen LogP contribution in [0.15, 0.2) is 0 Å². The molecule has 0 aliphatic heterocycles. The minimum atomic E-state index is -0.795. The van der Waals surface area contributed by atoms with Gasteiger partial charge in [-0.15, -0.1) is 0 Å². The fourth-order valence-corrected chi connectivity index (χ4v) is 0.418. The van der Waals surface area contributed by atoms with E-state index in [0.29, 0.717) is 0 Å². The van der Waals surface area contributed by atoms with Gasteiger partial charge < -0.3 is 4.74 Å². The molecule has 0 bridgehead atoms. The van der Waals surface area contributed by atoms with E-state index in [1.807, 2.05) is 20.8 Å². The van der Waals surface area contributed by atoms with E-state index in [0.717, 1.165) is 6.42 Å². The van der Waals surface area contributed by atoms with Crippen molar-refractivity contribution in [3.05, 3.63) is 0 Å². The number of carbonyl (C=O) groups is 1. The van der Waals surface area contributed by atoms with Crippen molar-refractivity contribution < 1.29 is 19.3 Å². The van der Waals surface area contributed by atoms with Gasteiger partial charge in [0.05, 0.1) is 6.10 Å². The highest BCUT2D eigenvalue weighted by Crippen LogP contribution is 2.14. The van der Waals surface area contributed by atoms with Gasteiger partial charge in [0.25, 0.3) is 0 Å². The molecule has 4 nitrogen and oxygen atoms in total. The number of hydrogen-bond donors (Lipinski definition) is 0. The minimum absolute atomic E-state index is 0.194. The maximum Gasteiger partial charge on any atom is 0.540 e. The standard InChI is InChI=1S/C9H18O4/c1-6-9(4,5)13-12-8(10)11-7(2)3/h7H,6H2,1-5H3. The Kier molecular flexibility index (Phi) is 4.77. The van der Waals surface area contributed by atoms with E-state index in [1.165, 1.54) is 0 Å². The summed E-state index contributed by atoms with van der Waals surface area (Å²) in [6.45, 7) is 9.08. The van der Waals surface area contributed by atoms with Crippen molar-refractivity contribution >= 4 is 6.16 Å². The molecule has 0 unspecified atom stereocenters. The van der Waals surface area contributed by atoms with Crippen molar-refractivity contribution in [1.82, 2.24) is 0 Å². The van der Waals surface area contributed by atoms with Crippen molar-refractivity contribution in [2.24, 2.45) is 0 Å². The highest BCUT2D eigenvalue weighted by Gasteiger charge is 2.20. The summed E-state index contributed by atoms with van der Waals surface area (Å²) in [6.07, 6.45) is -0.237. The predicted molar refractivity (Wildman–Crippen MR) is 48.2 cm³/mol. The normalized spacial score (nSPS) is 11.5. The first kappa shape index (κ1) is 12.2. The third-order valence-electron chi connectivity index (χ3n) is 1.52. The first-order valence-corrected chi connectivity index (χ1v) is 4.43. The van der Waals surface area contributed by atoms with Crippen molar-refractivity contribution in [1.29, 1.82) is 0 Å². The Balaban J connectivity index is 3.70. The van der Waals surface area contributed by atoms with E-state index in [4.69, 9.17) is 9.62 Å². The fourth-order valence-electron chi connectivity index (χ4n) is 0.418. The van der Waals surface area contributed by atoms with E-state index in [2.05, 4.69) is 4.89 Å². The predicted octanol–water partition coefficient (Wildman–Crippen LogP) is 2.67. The number of hydrogen-bond acceptors (Lipinski definition) is 4. The Morgan fingerprint density at radius 1 is 1.38 bits per heavy atom. The third kappa shape index (κ3) is 6.40. The van der Waals surface area contributed by atoms with Crippen LogP contribution in [0.4, 0.5) is 4.79 Å². The van der Waals surface area contributed by atoms with Crippen LogP contribution >= 0.6 is 0 Å². The molecule has 0 spiro atoms. The summed E-state index contributed by atoms with van der Waals surface area (Å²) in [6, 6.07) is 0. The lowest BCUT2D eigenvalue weighted by Crippen LogP contribution is -2.26. The lowest BCUT2D eigenvalue weighted by molar-refractivity contribution is -0.319. The number of ether oxygens (including phenoxy) is 1. The smallest absolute Gasteiger partial charge is 0.430 e. The SMILES string of the molecule is CCC(C)(C)OOC(=O)OC(C)C. The maximum atomic E-state index is 10.8. The van der Waals surface area contributed by atoms with Gasteiger partial charge in [0.2, 0.25) is 0 Å². The summed E-state index contributed by atoms with van der Waals surface area (Å²) in [4.78, 5) is 20.2. The summed E-state index contributed by atoms with van der Waals surface area (Å²) in [7, 11) is 0. The molecule has 0 atom stereocenters. The molecule has 0 aromatic heterocycles. The molecule has 0 aliphatic rings. The molecular formula is C9H18O4. The Labute approximate surface area is 79.1 Å². The van der Waals surface area contributed by atoms with Crippen molar-refractivity contribution in [2.45, 2.75) is 52.7 Å². The summed E-state index contributed by atoms with van der Waals surface area (Å²) in [5, 5.41) is 0. The van der Waals surface area contributed by atoms with Crippen molar-refractivity contribution in [3.8, 4) is 0 Å². The monoisotopic (exact) mass is 190 g/mol. The highest BCUT2D eigenvalue weighted by atomic mass is 17.2.